The molecule has 0 aliphatic heterocycles. The minimum atomic E-state index is -0.758. The smallest absolute Gasteiger partial charge is 0.309 e. The van der Waals surface area contributed by atoms with Gasteiger partial charge >= 0.3 is 17.9 Å². The summed E-state index contributed by atoms with van der Waals surface area (Å²) in [4.78, 5) is 44.5. The number of esters is 3. The molecular formula is C14H22O7. The van der Waals surface area contributed by atoms with Gasteiger partial charge in [-0.3, -0.25) is 14.4 Å². The van der Waals surface area contributed by atoms with Crippen molar-refractivity contribution in [3.8, 4) is 0 Å². The van der Waals surface area contributed by atoms with Crippen LogP contribution < -0.4 is 0 Å². The molecule has 120 valence electrons. The van der Waals surface area contributed by atoms with E-state index < -0.39 is 30.1 Å². The third-order valence-electron chi connectivity index (χ3n) is 2.63. The first-order valence-corrected chi connectivity index (χ1v) is 6.65. The zero-order valence-electron chi connectivity index (χ0n) is 12.8. The number of rotatable bonds is 9. The molecule has 0 bridgehead atoms. The lowest BCUT2D eigenvalue weighted by Gasteiger charge is -2.22. The second-order valence-corrected chi connectivity index (χ2v) is 4.72. The predicted octanol–water partition coefficient (Wildman–Crippen LogP) is 1.17. The minimum absolute atomic E-state index is 0.0378. The zero-order valence-corrected chi connectivity index (χ0v) is 12.8. The number of carbonyl (C=O) groups excluding carboxylic acids is 4. The van der Waals surface area contributed by atoms with Gasteiger partial charge in [0.25, 0.3) is 0 Å². The third kappa shape index (κ3) is 10.5. The molecule has 0 spiro atoms. The van der Waals surface area contributed by atoms with Crippen LogP contribution in [0.4, 0.5) is 0 Å². The van der Waals surface area contributed by atoms with Crippen LogP contribution in [0.5, 0.6) is 0 Å². The first kappa shape index (κ1) is 19.1. The van der Waals surface area contributed by atoms with Crippen molar-refractivity contribution in [2.75, 3.05) is 7.11 Å². The minimum Gasteiger partial charge on any atom is -0.469 e. The van der Waals surface area contributed by atoms with Crippen molar-refractivity contribution in [1.29, 1.82) is 0 Å². The van der Waals surface area contributed by atoms with Gasteiger partial charge in [0.05, 0.1) is 13.5 Å². The van der Waals surface area contributed by atoms with Crippen LogP contribution in [0.1, 0.15) is 46.5 Å². The summed E-state index contributed by atoms with van der Waals surface area (Å²) in [6.45, 7) is 3.91. The van der Waals surface area contributed by atoms with E-state index in [-0.39, 0.29) is 25.0 Å². The van der Waals surface area contributed by atoms with Gasteiger partial charge in [-0.25, -0.2) is 0 Å². The normalized spacial score (nSPS) is 13.0. The Hall–Kier alpha value is -1.92. The van der Waals surface area contributed by atoms with E-state index in [2.05, 4.69) is 4.74 Å². The van der Waals surface area contributed by atoms with Crippen molar-refractivity contribution in [1.82, 2.24) is 0 Å². The molecule has 0 aliphatic rings. The molecule has 21 heavy (non-hydrogen) atoms. The van der Waals surface area contributed by atoms with Crippen LogP contribution in [0.15, 0.2) is 0 Å². The summed E-state index contributed by atoms with van der Waals surface area (Å²) in [5.74, 6) is -1.61. The highest BCUT2D eigenvalue weighted by molar-refractivity contribution is 5.75. The summed E-state index contributed by atoms with van der Waals surface area (Å²) in [5.41, 5.74) is 0. The van der Waals surface area contributed by atoms with Gasteiger partial charge in [0.1, 0.15) is 18.0 Å². The third-order valence-corrected chi connectivity index (χ3v) is 2.63. The van der Waals surface area contributed by atoms with Gasteiger partial charge in [-0.1, -0.05) is 0 Å². The van der Waals surface area contributed by atoms with Crippen LogP contribution in [0.2, 0.25) is 0 Å². The fourth-order valence-corrected chi connectivity index (χ4v) is 1.79. The fourth-order valence-electron chi connectivity index (χ4n) is 1.79. The van der Waals surface area contributed by atoms with Gasteiger partial charge in [-0.2, -0.15) is 0 Å². The quantitative estimate of drug-likeness (QED) is 0.466. The van der Waals surface area contributed by atoms with Gasteiger partial charge in [-0.15, -0.1) is 0 Å². The fraction of sp³-hybridized carbons (Fsp3) is 0.714. The summed E-state index contributed by atoms with van der Waals surface area (Å²) >= 11 is 0. The molecule has 0 rings (SSSR count). The Morgan fingerprint density at radius 2 is 1.43 bits per heavy atom. The molecule has 0 saturated carbocycles. The van der Waals surface area contributed by atoms with Crippen molar-refractivity contribution in [3.63, 3.8) is 0 Å². The maximum atomic E-state index is 11.3. The molecule has 0 aromatic heterocycles. The van der Waals surface area contributed by atoms with Crippen molar-refractivity contribution >= 4 is 23.7 Å². The average Bonchev–Trinajstić information content (AvgIpc) is 2.34. The highest BCUT2D eigenvalue weighted by Crippen LogP contribution is 2.16. The first-order valence-electron chi connectivity index (χ1n) is 6.65. The summed E-state index contributed by atoms with van der Waals surface area (Å²) in [6, 6.07) is 0. The van der Waals surface area contributed by atoms with E-state index in [1.54, 1.807) is 0 Å². The molecule has 7 nitrogen and oxygen atoms in total. The van der Waals surface area contributed by atoms with Gasteiger partial charge < -0.3 is 19.0 Å². The second kappa shape index (κ2) is 9.90. The number of ether oxygens (including phenoxy) is 3. The van der Waals surface area contributed by atoms with Crippen LogP contribution >= 0.6 is 0 Å². The molecule has 0 N–H and O–H groups in total. The Morgan fingerprint density at radius 3 is 1.86 bits per heavy atom. The number of ketones is 1. The number of hydrogen-bond acceptors (Lipinski definition) is 7. The lowest BCUT2D eigenvalue weighted by Crippen LogP contribution is -2.29. The Balaban J connectivity index is 4.73. The van der Waals surface area contributed by atoms with E-state index in [4.69, 9.17) is 9.47 Å². The monoisotopic (exact) mass is 302 g/mol. The lowest BCUT2D eigenvalue weighted by atomic mass is 10.0. The Labute approximate surface area is 123 Å². The zero-order chi connectivity index (χ0) is 16.4. The summed E-state index contributed by atoms with van der Waals surface area (Å²) < 4.78 is 14.7. The largest absolute Gasteiger partial charge is 0.469 e. The first-order chi connectivity index (χ1) is 9.74. The van der Waals surface area contributed by atoms with Crippen LogP contribution in [0.25, 0.3) is 0 Å². The molecule has 0 saturated heterocycles. The maximum absolute atomic E-state index is 11.3. The van der Waals surface area contributed by atoms with E-state index in [9.17, 15) is 19.2 Å². The molecule has 0 radical (unpaired) electrons. The molecule has 0 aliphatic carbocycles. The Bertz CT molecular complexity index is 389. The topological polar surface area (TPSA) is 96.0 Å². The van der Waals surface area contributed by atoms with E-state index in [0.717, 1.165) is 0 Å². The van der Waals surface area contributed by atoms with E-state index in [1.165, 1.54) is 27.9 Å². The maximum Gasteiger partial charge on any atom is 0.309 e. The molecule has 0 unspecified atom stereocenters. The van der Waals surface area contributed by atoms with E-state index in [0.29, 0.717) is 6.42 Å². The Kier molecular flexibility index (Phi) is 9.00. The summed E-state index contributed by atoms with van der Waals surface area (Å²) in [7, 11) is 1.23. The van der Waals surface area contributed by atoms with Crippen molar-refractivity contribution in [2.24, 2.45) is 0 Å². The number of hydrogen-bond donors (Lipinski definition) is 0. The SMILES string of the molecule is COC(=O)C[C@H](C[C@@H](CCC(C)=O)OC(C)=O)OC(C)=O. The van der Waals surface area contributed by atoms with E-state index >= 15 is 0 Å². The van der Waals surface area contributed by atoms with Gasteiger partial charge in [0.15, 0.2) is 0 Å². The molecular weight excluding hydrogens is 280 g/mol. The van der Waals surface area contributed by atoms with Crippen LogP contribution in [0.3, 0.4) is 0 Å². The summed E-state index contributed by atoms with van der Waals surface area (Å²) in [6.07, 6.45) is -0.793. The number of Topliss-reactive ketones (excluding diaryl/α,β-unsaturated/α-hetero) is 1. The highest BCUT2D eigenvalue weighted by atomic mass is 16.6. The predicted molar refractivity (Wildman–Crippen MR) is 72.3 cm³/mol. The van der Waals surface area contributed by atoms with Gasteiger partial charge in [0.2, 0.25) is 0 Å². The molecule has 0 amide bonds. The lowest BCUT2D eigenvalue weighted by molar-refractivity contribution is -0.156. The van der Waals surface area contributed by atoms with Crippen molar-refractivity contribution < 1.29 is 33.4 Å². The van der Waals surface area contributed by atoms with Gasteiger partial charge in [0, 0.05) is 26.7 Å². The van der Waals surface area contributed by atoms with Crippen LogP contribution in [0, 0.1) is 0 Å². The van der Waals surface area contributed by atoms with E-state index in [1.807, 2.05) is 0 Å². The average molecular weight is 302 g/mol. The second-order valence-electron chi connectivity index (χ2n) is 4.72. The molecule has 2 atom stereocenters. The number of carbonyl (C=O) groups is 4. The molecule has 0 heterocycles. The molecule has 7 heteroatoms. The Morgan fingerprint density at radius 1 is 0.905 bits per heavy atom. The number of methoxy groups -OCH3 is 1. The highest BCUT2D eigenvalue weighted by Gasteiger charge is 2.24. The molecule has 0 fully saturated rings. The van der Waals surface area contributed by atoms with Crippen LogP contribution in [-0.4, -0.2) is 43.0 Å². The van der Waals surface area contributed by atoms with Crippen molar-refractivity contribution in [2.45, 2.75) is 58.7 Å². The summed E-state index contributed by atoms with van der Waals surface area (Å²) in [5, 5.41) is 0. The van der Waals surface area contributed by atoms with Crippen LogP contribution in [-0.2, 0) is 33.4 Å². The van der Waals surface area contributed by atoms with Crippen molar-refractivity contribution in [3.05, 3.63) is 0 Å². The standard InChI is InChI=1S/C14H22O7/c1-9(15)5-6-12(20-10(2)16)7-13(21-11(3)17)8-14(18)19-4/h12-13H,5-8H2,1-4H3/t12-,13+/m1/s1. The molecule has 0 aromatic rings. The molecule has 0 aromatic carbocycles. The van der Waals surface area contributed by atoms with Gasteiger partial charge in [-0.05, 0) is 13.3 Å².